The van der Waals surface area contributed by atoms with Crippen molar-refractivity contribution in [1.82, 2.24) is 0 Å². The van der Waals surface area contributed by atoms with Crippen LogP contribution in [0.1, 0.15) is 19.4 Å². The van der Waals surface area contributed by atoms with E-state index in [1.165, 1.54) is 5.56 Å². The van der Waals surface area contributed by atoms with Crippen LogP contribution in [0, 0.1) is 5.41 Å². The number of benzene rings is 1. The monoisotopic (exact) mass is 221 g/mol. The molecule has 0 aromatic heterocycles. The Bertz CT molecular complexity index is 374. The summed E-state index contributed by atoms with van der Waals surface area (Å²) in [5, 5.41) is 12.5. The van der Waals surface area contributed by atoms with Crippen LogP contribution in [0.4, 0.5) is 5.69 Å². The number of ether oxygens (including phenoxy) is 1. The van der Waals surface area contributed by atoms with Crippen molar-refractivity contribution in [3.8, 4) is 5.75 Å². The predicted molar refractivity (Wildman–Crippen MR) is 65.0 cm³/mol. The molecule has 3 nitrogen and oxygen atoms in total. The first-order valence-electron chi connectivity index (χ1n) is 5.71. The smallest absolute Gasteiger partial charge is 0.122 e. The van der Waals surface area contributed by atoms with E-state index in [1.54, 1.807) is 0 Å². The minimum absolute atomic E-state index is 0.0878. The van der Waals surface area contributed by atoms with Crippen LogP contribution < -0.4 is 10.1 Å². The van der Waals surface area contributed by atoms with E-state index in [-0.39, 0.29) is 12.0 Å². The fourth-order valence-electron chi connectivity index (χ4n) is 1.69. The van der Waals surface area contributed by atoms with Crippen LogP contribution in [0.25, 0.3) is 0 Å². The molecular weight excluding hydrogens is 202 g/mol. The van der Waals surface area contributed by atoms with Crippen LogP contribution in [0.5, 0.6) is 5.75 Å². The first-order valence-corrected chi connectivity index (χ1v) is 5.71. The largest absolute Gasteiger partial charge is 0.493 e. The van der Waals surface area contributed by atoms with Crippen LogP contribution >= 0.6 is 0 Å². The molecule has 0 atom stereocenters. The molecule has 1 heterocycles. The summed E-state index contributed by atoms with van der Waals surface area (Å²) in [6.07, 6.45) is 0.994. The Labute approximate surface area is 96.4 Å². The number of aliphatic hydroxyl groups excluding tert-OH is 1. The first-order chi connectivity index (χ1) is 7.61. The molecule has 0 aliphatic carbocycles. The Morgan fingerprint density at radius 3 is 3.00 bits per heavy atom. The lowest BCUT2D eigenvalue weighted by Gasteiger charge is -2.22. The van der Waals surface area contributed by atoms with E-state index in [0.29, 0.717) is 0 Å². The van der Waals surface area contributed by atoms with Crippen molar-refractivity contribution in [2.45, 2.75) is 20.3 Å². The zero-order valence-electron chi connectivity index (χ0n) is 9.92. The van der Waals surface area contributed by atoms with Gasteiger partial charge in [-0.3, -0.25) is 0 Å². The lowest BCUT2D eigenvalue weighted by Crippen LogP contribution is -2.26. The van der Waals surface area contributed by atoms with E-state index >= 15 is 0 Å². The number of anilines is 1. The number of hydrogen-bond acceptors (Lipinski definition) is 3. The van der Waals surface area contributed by atoms with Gasteiger partial charge in [-0.1, -0.05) is 13.8 Å². The molecular formula is C13H19NO2. The lowest BCUT2D eigenvalue weighted by molar-refractivity contribution is 0.171. The minimum atomic E-state index is -0.0878. The average Bonchev–Trinajstić information content (AvgIpc) is 2.73. The van der Waals surface area contributed by atoms with Crippen molar-refractivity contribution in [3.05, 3.63) is 23.8 Å². The topological polar surface area (TPSA) is 41.5 Å². The highest BCUT2D eigenvalue weighted by Gasteiger charge is 2.17. The maximum absolute atomic E-state index is 9.17. The zero-order valence-corrected chi connectivity index (χ0v) is 9.92. The molecule has 16 heavy (non-hydrogen) atoms. The summed E-state index contributed by atoms with van der Waals surface area (Å²) in [5.41, 5.74) is 2.28. The van der Waals surface area contributed by atoms with Crippen molar-refractivity contribution in [2.75, 3.05) is 25.1 Å². The fourth-order valence-corrected chi connectivity index (χ4v) is 1.69. The molecule has 0 saturated carbocycles. The quantitative estimate of drug-likeness (QED) is 0.817. The van der Waals surface area contributed by atoms with Gasteiger partial charge < -0.3 is 15.2 Å². The summed E-state index contributed by atoms with van der Waals surface area (Å²) in [6, 6.07) is 6.17. The average molecular weight is 221 g/mol. The van der Waals surface area contributed by atoms with Gasteiger partial charge in [0.2, 0.25) is 0 Å². The van der Waals surface area contributed by atoms with Crippen molar-refractivity contribution >= 4 is 5.69 Å². The maximum Gasteiger partial charge on any atom is 0.122 e. The zero-order chi connectivity index (χ0) is 11.6. The summed E-state index contributed by atoms with van der Waals surface area (Å²) >= 11 is 0. The van der Waals surface area contributed by atoms with E-state index in [4.69, 9.17) is 9.84 Å². The fraction of sp³-hybridized carbons (Fsp3) is 0.538. The van der Waals surface area contributed by atoms with E-state index in [0.717, 1.165) is 31.0 Å². The Balaban J connectivity index is 2.00. The third kappa shape index (κ3) is 2.47. The summed E-state index contributed by atoms with van der Waals surface area (Å²) in [4.78, 5) is 0. The minimum Gasteiger partial charge on any atom is -0.493 e. The van der Waals surface area contributed by atoms with Crippen LogP contribution in [0.3, 0.4) is 0 Å². The molecule has 0 bridgehead atoms. The van der Waals surface area contributed by atoms with Gasteiger partial charge in [0, 0.05) is 30.7 Å². The van der Waals surface area contributed by atoms with Crippen LogP contribution in [0.15, 0.2) is 18.2 Å². The standard InChI is InChI=1S/C13H19NO2/c1-13(2,9-15)8-14-11-3-4-12-10(7-11)5-6-16-12/h3-4,7,14-15H,5-6,8-9H2,1-2H3. The van der Waals surface area contributed by atoms with Gasteiger partial charge in [-0.2, -0.15) is 0 Å². The summed E-state index contributed by atoms with van der Waals surface area (Å²) < 4.78 is 5.45. The third-order valence-corrected chi connectivity index (χ3v) is 2.89. The van der Waals surface area contributed by atoms with Crippen LogP contribution in [-0.4, -0.2) is 24.9 Å². The normalized spacial score (nSPS) is 14.4. The van der Waals surface area contributed by atoms with Gasteiger partial charge in [0.1, 0.15) is 5.75 Å². The van der Waals surface area contributed by atoms with E-state index in [9.17, 15) is 0 Å². The van der Waals surface area contributed by atoms with Gasteiger partial charge in [0.15, 0.2) is 0 Å². The van der Waals surface area contributed by atoms with Gasteiger partial charge >= 0.3 is 0 Å². The lowest BCUT2D eigenvalue weighted by atomic mass is 9.95. The molecule has 0 amide bonds. The number of aliphatic hydroxyl groups is 1. The second-order valence-corrected chi connectivity index (χ2v) is 5.10. The Kier molecular flexibility index (Phi) is 3.06. The van der Waals surface area contributed by atoms with E-state index in [1.807, 2.05) is 26.0 Å². The van der Waals surface area contributed by atoms with Crippen LogP contribution in [0.2, 0.25) is 0 Å². The predicted octanol–water partition coefficient (Wildman–Crippen LogP) is 2.05. The van der Waals surface area contributed by atoms with Crippen molar-refractivity contribution in [1.29, 1.82) is 0 Å². The molecule has 0 unspecified atom stereocenters. The van der Waals surface area contributed by atoms with Gasteiger partial charge in [-0.15, -0.1) is 0 Å². The SMILES string of the molecule is CC(C)(CO)CNc1ccc2c(c1)CCO2. The van der Waals surface area contributed by atoms with Gasteiger partial charge in [-0.05, 0) is 23.8 Å². The van der Waals surface area contributed by atoms with Gasteiger partial charge in [0.05, 0.1) is 6.61 Å². The Hall–Kier alpha value is -1.22. The highest BCUT2D eigenvalue weighted by Crippen LogP contribution is 2.28. The molecule has 0 radical (unpaired) electrons. The highest BCUT2D eigenvalue weighted by molar-refractivity contribution is 5.52. The molecule has 0 saturated heterocycles. The second-order valence-electron chi connectivity index (χ2n) is 5.10. The molecule has 1 aromatic carbocycles. The van der Waals surface area contributed by atoms with Crippen molar-refractivity contribution in [2.24, 2.45) is 5.41 Å². The molecule has 2 N–H and O–H groups in total. The van der Waals surface area contributed by atoms with Crippen LogP contribution in [-0.2, 0) is 6.42 Å². The first kappa shape index (κ1) is 11.3. The summed E-state index contributed by atoms with van der Waals surface area (Å²) in [5.74, 6) is 1.01. The molecule has 3 heteroatoms. The Morgan fingerprint density at radius 2 is 2.25 bits per heavy atom. The molecule has 0 spiro atoms. The second kappa shape index (κ2) is 4.34. The maximum atomic E-state index is 9.17. The molecule has 2 rings (SSSR count). The molecule has 88 valence electrons. The number of hydrogen-bond donors (Lipinski definition) is 2. The molecule has 1 aromatic rings. The third-order valence-electron chi connectivity index (χ3n) is 2.89. The molecule has 1 aliphatic rings. The highest BCUT2D eigenvalue weighted by atomic mass is 16.5. The van der Waals surface area contributed by atoms with Gasteiger partial charge in [-0.25, -0.2) is 0 Å². The van der Waals surface area contributed by atoms with Crippen molar-refractivity contribution < 1.29 is 9.84 Å². The summed E-state index contributed by atoms with van der Waals surface area (Å²) in [6.45, 7) is 5.82. The van der Waals surface area contributed by atoms with Crippen molar-refractivity contribution in [3.63, 3.8) is 0 Å². The number of fused-ring (bicyclic) bond motifs is 1. The van der Waals surface area contributed by atoms with Gasteiger partial charge in [0.25, 0.3) is 0 Å². The van der Waals surface area contributed by atoms with E-state index < -0.39 is 0 Å². The number of rotatable bonds is 4. The number of nitrogens with one attached hydrogen (secondary N) is 1. The Morgan fingerprint density at radius 1 is 1.44 bits per heavy atom. The summed E-state index contributed by atoms with van der Waals surface area (Å²) in [7, 11) is 0. The molecule has 1 aliphatic heterocycles. The molecule has 0 fully saturated rings. The van der Waals surface area contributed by atoms with E-state index in [2.05, 4.69) is 11.4 Å².